The van der Waals surface area contributed by atoms with Gasteiger partial charge in [0.15, 0.2) is 5.96 Å². The largest absolute Gasteiger partial charge is 0.447 e. The van der Waals surface area contributed by atoms with Crippen LogP contribution in [0.2, 0.25) is 0 Å². The zero-order valence-corrected chi connectivity index (χ0v) is 22.0. The molecule has 1 aliphatic carbocycles. The Labute approximate surface area is 217 Å². The van der Waals surface area contributed by atoms with Gasteiger partial charge in [-0.15, -0.1) is 24.0 Å². The smallest absolute Gasteiger partial charge is 0.414 e. The standard InChI is InChI=1S/C25H31N5O3.HI/c1-29(2)23(31)17-27-24(28-21-10-9-19-5-3-4-6-20(19)15-21)26-16-18-7-11-22(12-8-18)30-13-14-33-25(30)32;/h3-8,11-12,21H,9-10,13-17H2,1-2H3,(H2,26,27,28);1H. The molecule has 0 radical (unpaired) electrons. The number of nitrogens with zero attached hydrogens (tertiary/aromatic N) is 3. The number of halogens is 1. The van der Waals surface area contributed by atoms with Crippen molar-refractivity contribution >= 4 is 47.6 Å². The summed E-state index contributed by atoms with van der Waals surface area (Å²) in [5.74, 6) is 0.613. The zero-order chi connectivity index (χ0) is 23.2. The van der Waals surface area contributed by atoms with E-state index in [1.165, 1.54) is 11.1 Å². The average Bonchev–Trinajstić information content (AvgIpc) is 3.26. The highest BCUT2D eigenvalue weighted by Gasteiger charge is 2.23. The molecule has 0 saturated carbocycles. The summed E-state index contributed by atoms with van der Waals surface area (Å²) in [5, 5.41) is 6.70. The summed E-state index contributed by atoms with van der Waals surface area (Å²) in [6, 6.07) is 16.5. The lowest BCUT2D eigenvalue weighted by molar-refractivity contribution is -0.127. The number of cyclic esters (lactones) is 1. The predicted octanol–water partition coefficient (Wildman–Crippen LogP) is 2.94. The van der Waals surface area contributed by atoms with Crippen molar-refractivity contribution in [2.75, 3.05) is 38.7 Å². The van der Waals surface area contributed by atoms with E-state index < -0.39 is 0 Å². The number of rotatable bonds is 6. The van der Waals surface area contributed by atoms with E-state index in [2.05, 4.69) is 34.9 Å². The highest BCUT2D eigenvalue weighted by Crippen LogP contribution is 2.21. The van der Waals surface area contributed by atoms with Gasteiger partial charge in [0, 0.05) is 25.8 Å². The van der Waals surface area contributed by atoms with Crippen LogP contribution in [-0.4, -0.2) is 62.7 Å². The van der Waals surface area contributed by atoms with Crippen LogP contribution in [0.15, 0.2) is 53.5 Å². The second kappa shape index (κ2) is 12.0. The van der Waals surface area contributed by atoms with Gasteiger partial charge < -0.3 is 20.3 Å². The van der Waals surface area contributed by atoms with Crippen molar-refractivity contribution in [1.82, 2.24) is 15.5 Å². The van der Waals surface area contributed by atoms with Crippen LogP contribution in [0.1, 0.15) is 23.1 Å². The molecule has 2 N–H and O–H groups in total. The number of guanidine groups is 1. The van der Waals surface area contributed by atoms with Crippen molar-refractivity contribution in [2.45, 2.75) is 31.8 Å². The Balaban J connectivity index is 0.00000324. The first-order chi connectivity index (χ1) is 16.0. The summed E-state index contributed by atoms with van der Waals surface area (Å²) in [6.45, 7) is 1.62. The van der Waals surface area contributed by atoms with E-state index in [0.717, 1.165) is 30.5 Å². The predicted molar refractivity (Wildman–Crippen MR) is 144 cm³/mol. The molecule has 1 aliphatic heterocycles. The lowest BCUT2D eigenvalue weighted by atomic mass is 9.88. The van der Waals surface area contributed by atoms with Gasteiger partial charge in [0.25, 0.3) is 0 Å². The lowest BCUT2D eigenvalue weighted by Gasteiger charge is -2.27. The van der Waals surface area contributed by atoms with Crippen molar-refractivity contribution in [1.29, 1.82) is 0 Å². The van der Waals surface area contributed by atoms with E-state index in [0.29, 0.717) is 25.7 Å². The Morgan fingerprint density at radius 2 is 1.88 bits per heavy atom. The molecular formula is C25H32IN5O3. The van der Waals surface area contributed by atoms with Gasteiger partial charge in [-0.05, 0) is 48.1 Å². The maximum Gasteiger partial charge on any atom is 0.414 e. The Morgan fingerprint density at radius 1 is 1.15 bits per heavy atom. The molecule has 2 aromatic carbocycles. The minimum atomic E-state index is -0.309. The van der Waals surface area contributed by atoms with Gasteiger partial charge in [0.05, 0.1) is 19.6 Å². The summed E-state index contributed by atoms with van der Waals surface area (Å²) in [6.07, 6.45) is 2.66. The van der Waals surface area contributed by atoms with Crippen LogP contribution in [0.3, 0.4) is 0 Å². The number of anilines is 1. The van der Waals surface area contributed by atoms with E-state index >= 15 is 0 Å². The summed E-state index contributed by atoms with van der Waals surface area (Å²) in [5.41, 5.74) is 4.60. The molecule has 2 aromatic rings. The molecule has 2 aliphatic rings. The van der Waals surface area contributed by atoms with Gasteiger partial charge in [-0.25, -0.2) is 9.79 Å². The SMILES string of the molecule is CN(C)C(=O)CNC(=NCc1ccc(N2CCOC2=O)cc1)NC1CCc2ccccc2C1.I. The van der Waals surface area contributed by atoms with Crippen LogP contribution in [0.25, 0.3) is 0 Å². The summed E-state index contributed by atoms with van der Waals surface area (Å²) in [4.78, 5) is 31.8. The molecule has 182 valence electrons. The first-order valence-electron chi connectivity index (χ1n) is 11.3. The Bertz CT molecular complexity index is 1030. The molecule has 1 fully saturated rings. The van der Waals surface area contributed by atoms with Gasteiger partial charge in [-0.3, -0.25) is 9.69 Å². The topological polar surface area (TPSA) is 86.3 Å². The van der Waals surface area contributed by atoms with E-state index in [1.54, 1.807) is 23.9 Å². The van der Waals surface area contributed by atoms with Gasteiger partial charge >= 0.3 is 6.09 Å². The van der Waals surface area contributed by atoms with Crippen molar-refractivity contribution in [3.63, 3.8) is 0 Å². The summed E-state index contributed by atoms with van der Waals surface area (Å²) in [7, 11) is 3.48. The molecule has 4 rings (SSSR count). The first kappa shape index (κ1) is 25.8. The Hall–Kier alpha value is -2.82. The minimum absolute atomic E-state index is 0. The zero-order valence-electron chi connectivity index (χ0n) is 19.6. The number of hydrogen-bond acceptors (Lipinski definition) is 4. The number of benzene rings is 2. The van der Waals surface area contributed by atoms with E-state index in [4.69, 9.17) is 9.73 Å². The number of aliphatic imine (C=N–C) groups is 1. The monoisotopic (exact) mass is 577 g/mol. The van der Waals surface area contributed by atoms with Crippen LogP contribution < -0.4 is 15.5 Å². The maximum atomic E-state index is 12.1. The fourth-order valence-corrected chi connectivity index (χ4v) is 4.06. The molecule has 0 bridgehead atoms. The third-order valence-electron chi connectivity index (χ3n) is 6.02. The molecule has 1 saturated heterocycles. The molecule has 34 heavy (non-hydrogen) atoms. The van der Waals surface area contributed by atoms with Crippen LogP contribution in [-0.2, 0) is 28.9 Å². The number of nitrogens with one attached hydrogen (secondary N) is 2. The number of amides is 2. The normalized spacial score (nSPS) is 17.4. The molecule has 1 atom stereocenters. The quantitative estimate of drug-likeness (QED) is 0.314. The van der Waals surface area contributed by atoms with Gasteiger partial charge in [-0.2, -0.15) is 0 Å². The molecule has 2 amide bonds. The molecule has 8 nitrogen and oxygen atoms in total. The van der Waals surface area contributed by atoms with Crippen molar-refractivity contribution < 1.29 is 14.3 Å². The highest BCUT2D eigenvalue weighted by atomic mass is 127. The number of fused-ring (bicyclic) bond motifs is 1. The Morgan fingerprint density at radius 3 is 2.56 bits per heavy atom. The number of aryl methyl sites for hydroxylation is 1. The number of carbonyl (C=O) groups excluding carboxylic acids is 2. The fraction of sp³-hybridized carbons (Fsp3) is 0.400. The summed E-state index contributed by atoms with van der Waals surface area (Å²) < 4.78 is 5.00. The van der Waals surface area contributed by atoms with Crippen molar-refractivity contribution in [3.8, 4) is 0 Å². The fourth-order valence-electron chi connectivity index (χ4n) is 4.06. The van der Waals surface area contributed by atoms with Crippen LogP contribution in [0, 0.1) is 0 Å². The van der Waals surface area contributed by atoms with Crippen LogP contribution in [0.4, 0.5) is 10.5 Å². The average molecular weight is 577 g/mol. The molecule has 0 spiro atoms. The third-order valence-corrected chi connectivity index (χ3v) is 6.02. The number of likely N-dealkylation sites (N-methyl/N-ethyl adjacent to an activating group) is 1. The lowest BCUT2D eigenvalue weighted by Crippen LogP contribution is -2.48. The molecule has 0 aromatic heterocycles. The van der Waals surface area contributed by atoms with Crippen LogP contribution in [0.5, 0.6) is 0 Å². The van der Waals surface area contributed by atoms with Crippen LogP contribution >= 0.6 is 24.0 Å². The number of hydrogen-bond donors (Lipinski definition) is 2. The maximum absolute atomic E-state index is 12.1. The van der Waals surface area contributed by atoms with Gasteiger partial charge in [0.1, 0.15) is 6.61 Å². The van der Waals surface area contributed by atoms with E-state index in [-0.39, 0.29) is 48.6 Å². The van der Waals surface area contributed by atoms with E-state index in [9.17, 15) is 9.59 Å². The minimum Gasteiger partial charge on any atom is -0.447 e. The second-order valence-corrected chi connectivity index (χ2v) is 8.59. The number of ether oxygens (including phenoxy) is 1. The molecule has 1 heterocycles. The highest BCUT2D eigenvalue weighted by molar-refractivity contribution is 14.0. The van der Waals surface area contributed by atoms with E-state index in [1.807, 2.05) is 24.3 Å². The number of carbonyl (C=O) groups is 2. The molecule has 1 unspecified atom stereocenters. The second-order valence-electron chi connectivity index (χ2n) is 8.59. The molecule has 9 heteroatoms. The van der Waals surface area contributed by atoms with Gasteiger partial charge in [-0.1, -0.05) is 36.4 Å². The van der Waals surface area contributed by atoms with Gasteiger partial charge in [0.2, 0.25) is 5.91 Å². The molecular weight excluding hydrogens is 545 g/mol. The van der Waals surface area contributed by atoms with Crippen molar-refractivity contribution in [3.05, 3.63) is 65.2 Å². The Kier molecular flexibility index (Phi) is 9.14. The third kappa shape index (κ3) is 6.62. The summed E-state index contributed by atoms with van der Waals surface area (Å²) >= 11 is 0. The first-order valence-corrected chi connectivity index (χ1v) is 11.3. The van der Waals surface area contributed by atoms with Crippen molar-refractivity contribution in [2.24, 2.45) is 4.99 Å².